The molecular weight excluding hydrogens is 234 g/mol. The van der Waals surface area contributed by atoms with Crippen LogP contribution in [0.4, 0.5) is 0 Å². The highest BCUT2D eigenvalue weighted by molar-refractivity contribution is 7.08. The summed E-state index contributed by atoms with van der Waals surface area (Å²) >= 11 is 1.15. The molecule has 0 radical (unpaired) electrons. The fraction of sp³-hybridized carbons (Fsp3) is 0.333. The van der Waals surface area contributed by atoms with E-state index in [2.05, 4.69) is 21.5 Å². The average molecular weight is 247 g/mol. The van der Waals surface area contributed by atoms with E-state index in [0.717, 1.165) is 23.6 Å². The van der Waals surface area contributed by atoms with E-state index >= 15 is 0 Å². The number of aromatic nitrogens is 3. The molecule has 5 heteroatoms. The van der Waals surface area contributed by atoms with Crippen LogP contribution in [0.5, 0.6) is 0 Å². The first-order chi connectivity index (χ1) is 8.20. The van der Waals surface area contributed by atoms with E-state index < -0.39 is 0 Å². The molecule has 0 unspecified atom stereocenters. The minimum Gasteiger partial charge on any atom is -0.293 e. The number of carbonyl (C=O) groups excluding carboxylic acids is 1. The molecule has 0 N–H and O–H groups in total. The first-order valence-electron chi connectivity index (χ1n) is 5.46. The molecule has 0 atom stereocenters. The lowest BCUT2D eigenvalue weighted by Crippen LogP contribution is -2.05. The third-order valence-electron chi connectivity index (χ3n) is 2.54. The van der Waals surface area contributed by atoms with E-state index in [0.29, 0.717) is 17.0 Å². The Labute approximate surface area is 104 Å². The maximum absolute atomic E-state index is 11.9. The van der Waals surface area contributed by atoms with Crippen LogP contribution >= 0.6 is 11.5 Å². The predicted molar refractivity (Wildman–Crippen MR) is 66.3 cm³/mol. The molecular formula is C12H13N3OS. The van der Waals surface area contributed by atoms with Crippen molar-refractivity contribution in [2.24, 2.45) is 0 Å². The van der Waals surface area contributed by atoms with Gasteiger partial charge in [-0.25, -0.2) is 0 Å². The number of rotatable bonds is 4. The van der Waals surface area contributed by atoms with Gasteiger partial charge in [0.25, 0.3) is 0 Å². The summed E-state index contributed by atoms with van der Waals surface area (Å²) in [5.74, 6) is 0.0363. The average Bonchev–Trinajstić information content (AvgIpc) is 2.76. The summed E-state index contributed by atoms with van der Waals surface area (Å²) in [6, 6.07) is 3.91. The third-order valence-corrected chi connectivity index (χ3v) is 3.41. The van der Waals surface area contributed by atoms with Gasteiger partial charge in [-0.3, -0.25) is 9.78 Å². The Kier molecular flexibility index (Phi) is 3.58. The van der Waals surface area contributed by atoms with Crippen LogP contribution < -0.4 is 0 Å². The van der Waals surface area contributed by atoms with Crippen molar-refractivity contribution in [1.82, 2.24) is 14.6 Å². The Hall–Kier alpha value is -1.62. The van der Waals surface area contributed by atoms with Crippen molar-refractivity contribution < 1.29 is 4.79 Å². The topological polar surface area (TPSA) is 55.7 Å². The van der Waals surface area contributed by atoms with Crippen molar-refractivity contribution in [2.75, 3.05) is 0 Å². The molecule has 88 valence electrons. The highest BCUT2D eigenvalue weighted by atomic mass is 32.1. The maximum atomic E-state index is 11.9. The minimum absolute atomic E-state index is 0.0363. The lowest BCUT2D eigenvalue weighted by molar-refractivity contribution is 0.0995. The molecule has 2 rings (SSSR count). The molecule has 0 bridgehead atoms. The summed E-state index contributed by atoms with van der Waals surface area (Å²) in [6.07, 6.45) is 3.09. The van der Waals surface area contributed by atoms with Crippen LogP contribution in [-0.4, -0.2) is 20.4 Å². The van der Waals surface area contributed by atoms with Gasteiger partial charge in [0, 0.05) is 11.9 Å². The Morgan fingerprint density at radius 2 is 2.24 bits per heavy atom. The number of Topliss-reactive ketones (excluding diaryl/α,β-unsaturated/α-hetero) is 1. The van der Waals surface area contributed by atoms with Gasteiger partial charge in [0.05, 0.1) is 12.1 Å². The molecule has 0 aliphatic heterocycles. The molecule has 0 saturated heterocycles. The lowest BCUT2D eigenvalue weighted by atomic mass is 10.1. The van der Waals surface area contributed by atoms with E-state index in [1.165, 1.54) is 5.56 Å². The molecule has 0 amide bonds. The number of ketones is 1. The summed E-state index contributed by atoms with van der Waals surface area (Å²) in [4.78, 5) is 16.8. The van der Waals surface area contributed by atoms with E-state index in [1.54, 1.807) is 6.92 Å². The van der Waals surface area contributed by atoms with Gasteiger partial charge in [-0.1, -0.05) is 17.5 Å². The van der Waals surface area contributed by atoms with Gasteiger partial charge in [-0.15, -0.1) is 5.10 Å². The molecule has 0 saturated carbocycles. The fourth-order valence-electron chi connectivity index (χ4n) is 1.50. The Morgan fingerprint density at radius 3 is 2.76 bits per heavy atom. The zero-order chi connectivity index (χ0) is 12.3. The Balaban J connectivity index is 2.10. The molecule has 17 heavy (non-hydrogen) atoms. The van der Waals surface area contributed by atoms with Crippen molar-refractivity contribution >= 4 is 17.3 Å². The van der Waals surface area contributed by atoms with Crippen LogP contribution in [0.3, 0.4) is 0 Å². The van der Waals surface area contributed by atoms with Crippen LogP contribution in [0.2, 0.25) is 0 Å². The van der Waals surface area contributed by atoms with Crippen LogP contribution in [0.15, 0.2) is 18.3 Å². The fourth-order valence-corrected chi connectivity index (χ4v) is 2.09. The van der Waals surface area contributed by atoms with Crippen molar-refractivity contribution in [3.05, 3.63) is 40.2 Å². The number of hydrogen-bond donors (Lipinski definition) is 0. The van der Waals surface area contributed by atoms with Gasteiger partial charge < -0.3 is 0 Å². The first-order valence-corrected chi connectivity index (χ1v) is 6.24. The Bertz CT molecular complexity index is 519. The normalized spacial score (nSPS) is 10.5. The second-order valence-electron chi connectivity index (χ2n) is 3.80. The maximum Gasteiger partial charge on any atom is 0.182 e. The van der Waals surface area contributed by atoms with Crippen LogP contribution in [0.25, 0.3) is 0 Å². The summed E-state index contributed by atoms with van der Waals surface area (Å²) in [5.41, 5.74) is 2.67. The summed E-state index contributed by atoms with van der Waals surface area (Å²) < 4.78 is 3.76. The summed E-state index contributed by atoms with van der Waals surface area (Å²) in [6.45, 7) is 3.87. The zero-order valence-electron chi connectivity index (χ0n) is 9.80. The molecule has 0 aliphatic carbocycles. The monoisotopic (exact) mass is 247 g/mol. The smallest absolute Gasteiger partial charge is 0.182 e. The standard InChI is InChI=1S/C12H13N3OS/c1-3-9-4-5-10(13-7-9)6-11(16)12-8(2)14-15-17-12/h4-5,7H,3,6H2,1-2H3. The second kappa shape index (κ2) is 5.14. The summed E-state index contributed by atoms with van der Waals surface area (Å²) in [5, 5.41) is 3.83. The largest absolute Gasteiger partial charge is 0.293 e. The molecule has 2 aromatic rings. The SMILES string of the molecule is CCc1ccc(CC(=O)c2snnc2C)nc1. The summed E-state index contributed by atoms with van der Waals surface area (Å²) in [7, 11) is 0. The van der Waals surface area contributed by atoms with E-state index in [4.69, 9.17) is 0 Å². The molecule has 2 aromatic heterocycles. The molecule has 4 nitrogen and oxygen atoms in total. The van der Waals surface area contributed by atoms with Gasteiger partial charge in [-0.05, 0) is 36.5 Å². The van der Waals surface area contributed by atoms with Gasteiger partial charge in [-0.2, -0.15) is 0 Å². The third kappa shape index (κ3) is 2.74. The minimum atomic E-state index is 0.0363. The number of pyridine rings is 1. The van der Waals surface area contributed by atoms with Gasteiger partial charge in [0.1, 0.15) is 4.88 Å². The van der Waals surface area contributed by atoms with Crippen molar-refractivity contribution in [1.29, 1.82) is 0 Å². The van der Waals surface area contributed by atoms with Crippen molar-refractivity contribution in [2.45, 2.75) is 26.7 Å². The Morgan fingerprint density at radius 1 is 1.41 bits per heavy atom. The second-order valence-corrected chi connectivity index (χ2v) is 4.55. The van der Waals surface area contributed by atoms with Crippen molar-refractivity contribution in [3.63, 3.8) is 0 Å². The predicted octanol–water partition coefficient (Wildman–Crippen LogP) is 2.23. The van der Waals surface area contributed by atoms with Crippen LogP contribution in [0, 0.1) is 6.92 Å². The number of aryl methyl sites for hydroxylation is 2. The first kappa shape index (κ1) is 11.9. The van der Waals surface area contributed by atoms with Gasteiger partial charge in [0.15, 0.2) is 5.78 Å². The van der Waals surface area contributed by atoms with E-state index in [9.17, 15) is 4.79 Å². The van der Waals surface area contributed by atoms with E-state index in [1.807, 2.05) is 18.3 Å². The van der Waals surface area contributed by atoms with E-state index in [-0.39, 0.29) is 5.78 Å². The van der Waals surface area contributed by atoms with Crippen molar-refractivity contribution in [3.8, 4) is 0 Å². The molecule has 0 fully saturated rings. The van der Waals surface area contributed by atoms with Gasteiger partial charge in [0.2, 0.25) is 0 Å². The van der Waals surface area contributed by atoms with Gasteiger partial charge >= 0.3 is 0 Å². The molecule has 0 aliphatic rings. The molecule has 0 aromatic carbocycles. The number of carbonyl (C=O) groups is 1. The molecule has 0 spiro atoms. The van der Waals surface area contributed by atoms with Crippen LogP contribution in [0.1, 0.15) is 33.5 Å². The lowest BCUT2D eigenvalue weighted by Gasteiger charge is -2.00. The highest BCUT2D eigenvalue weighted by Gasteiger charge is 2.14. The number of hydrogen-bond acceptors (Lipinski definition) is 5. The number of nitrogens with zero attached hydrogens (tertiary/aromatic N) is 3. The quantitative estimate of drug-likeness (QED) is 0.777. The van der Waals surface area contributed by atoms with Crippen LogP contribution in [-0.2, 0) is 12.8 Å². The highest BCUT2D eigenvalue weighted by Crippen LogP contribution is 2.13. The zero-order valence-corrected chi connectivity index (χ0v) is 10.6. The molecule has 2 heterocycles.